The molecule has 1 fully saturated rings. The summed E-state index contributed by atoms with van der Waals surface area (Å²) in [6.45, 7) is 3.08. The number of rotatable bonds is 3. The molecule has 0 aromatic carbocycles. The predicted molar refractivity (Wildman–Crippen MR) is 64.4 cm³/mol. The van der Waals surface area contributed by atoms with Crippen molar-refractivity contribution < 1.29 is 4.74 Å². The molecule has 84 valence electrons. The molecule has 15 heavy (non-hydrogen) atoms. The molecule has 1 aliphatic heterocycles. The number of hydrogen-bond acceptors (Lipinski definition) is 3. The minimum absolute atomic E-state index is 0.363. The lowest BCUT2D eigenvalue weighted by atomic mass is 10.0. The lowest BCUT2D eigenvalue weighted by Gasteiger charge is -2.29. The van der Waals surface area contributed by atoms with Gasteiger partial charge in [0.1, 0.15) is 0 Å². The van der Waals surface area contributed by atoms with E-state index < -0.39 is 0 Å². The molecule has 2 nitrogen and oxygen atoms in total. The highest BCUT2D eigenvalue weighted by molar-refractivity contribution is 7.12. The van der Waals surface area contributed by atoms with E-state index in [4.69, 9.17) is 4.74 Å². The van der Waals surface area contributed by atoms with Gasteiger partial charge in [0.15, 0.2) is 0 Å². The molecule has 1 saturated heterocycles. The number of thiophene rings is 1. The third kappa shape index (κ3) is 2.60. The summed E-state index contributed by atoms with van der Waals surface area (Å²) in [7, 11) is 2.03. The Kier molecular flexibility index (Phi) is 3.78. The van der Waals surface area contributed by atoms with Gasteiger partial charge in [-0.05, 0) is 45.4 Å². The quantitative estimate of drug-likeness (QED) is 0.854. The van der Waals surface area contributed by atoms with Gasteiger partial charge >= 0.3 is 0 Å². The standard InChI is InChI=1S/C12H19NOS/c1-9-6-7-11(15-9)12(13-2)10-5-3-4-8-14-10/h6-7,10,12-13H,3-5,8H2,1-2H3. The molecule has 0 saturated carbocycles. The maximum atomic E-state index is 5.84. The molecule has 1 N–H and O–H groups in total. The lowest BCUT2D eigenvalue weighted by molar-refractivity contribution is -0.00588. The van der Waals surface area contributed by atoms with Crippen molar-refractivity contribution in [2.24, 2.45) is 0 Å². The monoisotopic (exact) mass is 225 g/mol. The Bertz CT molecular complexity index is 304. The lowest BCUT2D eigenvalue weighted by Crippen LogP contribution is -2.33. The van der Waals surface area contributed by atoms with Crippen molar-refractivity contribution >= 4 is 11.3 Å². The molecule has 2 heterocycles. The van der Waals surface area contributed by atoms with Gasteiger partial charge in [0.2, 0.25) is 0 Å². The fourth-order valence-corrected chi connectivity index (χ4v) is 3.20. The first kappa shape index (κ1) is 11.1. The fourth-order valence-electron chi connectivity index (χ4n) is 2.16. The maximum absolute atomic E-state index is 5.84. The van der Waals surface area contributed by atoms with Crippen LogP contribution in [0, 0.1) is 6.92 Å². The highest BCUT2D eigenvalue weighted by Gasteiger charge is 2.25. The highest BCUT2D eigenvalue weighted by atomic mass is 32.1. The van der Waals surface area contributed by atoms with Gasteiger partial charge in [-0.25, -0.2) is 0 Å². The molecule has 2 atom stereocenters. The van der Waals surface area contributed by atoms with Crippen LogP contribution in [0.3, 0.4) is 0 Å². The molecule has 0 aliphatic carbocycles. The maximum Gasteiger partial charge on any atom is 0.0777 e. The molecular weight excluding hydrogens is 206 g/mol. The summed E-state index contributed by atoms with van der Waals surface area (Å²) in [6, 6.07) is 4.79. The second-order valence-electron chi connectivity index (χ2n) is 4.12. The first-order chi connectivity index (χ1) is 7.31. The van der Waals surface area contributed by atoms with E-state index in [1.54, 1.807) is 0 Å². The molecule has 1 aliphatic rings. The van der Waals surface area contributed by atoms with Crippen molar-refractivity contribution in [3.05, 3.63) is 21.9 Å². The molecule has 3 heteroatoms. The fraction of sp³-hybridized carbons (Fsp3) is 0.667. The van der Waals surface area contributed by atoms with Gasteiger partial charge in [-0.1, -0.05) is 0 Å². The number of likely N-dealkylation sites (N-methyl/N-ethyl adjacent to an activating group) is 1. The van der Waals surface area contributed by atoms with Crippen LogP contribution in [0.5, 0.6) is 0 Å². The molecular formula is C12H19NOS. The summed E-state index contributed by atoms with van der Waals surface area (Å²) >= 11 is 1.87. The van der Waals surface area contributed by atoms with Crippen LogP contribution in [0.2, 0.25) is 0 Å². The van der Waals surface area contributed by atoms with Crippen molar-refractivity contribution in [3.63, 3.8) is 0 Å². The van der Waals surface area contributed by atoms with Crippen LogP contribution in [-0.2, 0) is 4.74 Å². The number of hydrogen-bond donors (Lipinski definition) is 1. The molecule has 0 bridgehead atoms. The van der Waals surface area contributed by atoms with Gasteiger partial charge in [-0.3, -0.25) is 0 Å². The number of nitrogens with one attached hydrogen (secondary N) is 1. The molecule has 2 unspecified atom stereocenters. The summed E-state index contributed by atoms with van der Waals surface area (Å²) in [5.74, 6) is 0. The summed E-state index contributed by atoms with van der Waals surface area (Å²) < 4.78 is 5.84. The summed E-state index contributed by atoms with van der Waals surface area (Å²) in [5.41, 5.74) is 0. The van der Waals surface area contributed by atoms with E-state index in [1.807, 2.05) is 18.4 Å². The molecule has 1 aromatic rings. The van der Waals surface area contributed by atoms with E-state index >= 15 is 0 Å². The van der Waals surface area contributed by atoms with E-state index in [0.717, 1.165) is 6.61 Å². The Labute approximate surface area is 95.6 Å². The van der Waals surface area contributed by atoms with Crippen LogP contribution in [0.15, 0.2) is 12.1 Å². The second kappa shape index (κ2) is 5.10. The van der Waals surface area contributed by atoms with Crippen LogP contribution in [-0.4, -0.2) is 19.8 Å². The normalized spacial score (nSPS) is 24.0. The molecule has 1 aromatic heterocycles. The topological polar surface area (TPSA) is 21.3 Å². The van der Waals surface area contributed by atoms with Gasteiger partial charge < -0.3 is 10.1 Å². The van der Waals surface area contributed by atoms with Crippen LogP contribution < -0.4 is 5.32 Å². The largest absolute Gasteiger partial charge is 0.376 e. The minimum Gasteiger partial charge on any atom is -0.376 e. The zero-order valence-electron chi connectivity index (χ0n) is 9.45. The Balaban J connectivity index is 2.08. The van der Waals surface area contributed by atoms with Crippen molar-refractivity contribution in [2.45, 2.75) is 38.3 Å². The average Bonchev–Trinajstić information content (AvgIpc) is 2.68. The Morgan fingerprint density at radius 3 is 2.87 bits per heavy atom. The number of ether oxygens (including phenoxy) is 1. The van der Waals surface area contributed by atoms with E-state index in [2.05, 4.69) is 24.4 Å². The SMILES string of the molecule is CNC(c1ccc(C)s1)C1CCCCO1. The van der Waals surface area contributed by atoms with Crippen LogP contribution >= 0.6 is 11.3 Å². The Morgan fingerprint density at radius 2 is 2.33 bits per heavy atom. The third-order valence-corrected chi connectivity index (χ3v) is 4.05. The highest BCUT2D eigenvalue weighted by Crippen LogP contribution is 2.30. The molecule has 0 radical (unpaired) electrons. The van der Waals surface area contributed by atoms with E-state index in [-0.39, 0.29) is 0 Å². The third-order valence-electron chi connectivity index (χ3n) is 2.97. The summed E-state index contributed by atoms with van der Waals surface area (Å²) in [4.78, 5) is 2.78. The van der Waals surface area contributed by atoms with Crippen LogP contribution in [0.4, 0.5) is 0 Å². The minimum atomic E-state index is 0.363. The van der Waals surface area contributed by atoms with Crippen molar-refractivity contribution in [2.75, 3.05) is 13.7 Å². The van der Waals surface area contributed by atoms with Crippen LogP contribution in [0.1, 0.15) is 35.1 Å². The van der Waals surface area contributed by atoms with E-state index in [9.17, 15) is 0 Å². The smallest absolute Gasteiger partial charge is 0.0777 e. The summed E-state index contributed by atoms with van der Waals surface area (Å²) in [6.07, 6.45) is 4.06. The molecule has 0 amide bonds. The van der Waals surface area contributed by atoms with Gasteiger partial charge in [0, 0.05) is 16.4 Å². The van der Waals surface area contributed by atoms with E-state index in [0.29, 0.717) is 12.1 Å². The second-order valence-corrected chi connectivity index (χ2v) is 5.44. The van der Waals surface area contributed by atoms with Gasteiger partial charge in [-0.15, -0.1) is 11.3 Å². The first-order valence-corrected chi connectivity index (χ1v) is 6.48. The zero-order chi connectivity index (χ0) is 10.7. The zero-order valence-corrected chi connectivity index (χ0v) is 10.3. The Morgan fingerprint density at radius 1 is 1.47 bits per heavy atom. The van der Waals surface area contributed by atoms with Crippen molar-refractivity contribution in [1.82, 2.24) is 5.32 Å². The van der Waals surface area contributed by atoms with Crippen molar-refractivity contribution in [1.29, 1.82) is 0 Å². The van der Waals surface area contributed by atoms with Gasteiger partial charge in [0.25, 0.3) is 0 Å². The van der Waals surface area contributed by atoms with Gasteiger partial charge in [0.05, 0.1) is 12.1 Å². The van der Waals surface area contributed by atoms with Gasteiger partial charge in [-0.2, -0.15) is 0 Å². The van der Waals surface area contributed by atoms with Crippen molar-refractivity contribution in [3.8, 4) is 0 Å². The number of aryl methyl sites for hydroxylation is 1. The average molecular weight is 225 g/mol. The summed E-state index contributed by atoms with van der Waals surface area (Å²) in [5, 5.41) is 3.39. The Hall–Kier alpha value is -0.380. The predicted octanol–water partition coefficient (Wildman–Crippen LogP) is 2.89. The van der Waals surface area contributed by atoms with E-state index in [1.165, 1.54) is 29.0 Å². The molecule has 2 rings (SSSR count). The van der Waals surface area contributed by atoms with Crippen LogP contribution in [0.25, 0.3) is 0 Å². The molecule has 0 spiro atoms. The first-order valence-electron chi connectivity index (χ1n) is 5.66.